The number of carbonyl (C=O) groups is 8. The molecule has 2 unspecified atom stereocenters. The first-order valence-corrected chi connectivity index (χ1v) is 42.0. The fourth-order valence-corrected chi connectivity index (χ4v) is 19.1. The van der Waals surface area contributed by atoms with Gasteiger partial charge in [0.2, 0.25) is 35.5 Å². The summed E-state index contributed by atoms with van der Waals surface area (Å²) in [5.74, 6) is -0.149. The molecule has 8 fully saturated rings. The summed E-state index contributed by atoms with van der Waals surface area (Å²) in [6.07, 6.45) is 16.1. The maximum Gasteiger partial charge on any atom is 0.263 e. The number of carbonyl (C=O) groups excluding carboxylic acids is 8. The molecule has 14 heterocycles. The van der Waals surface area contributed by atoms with Crippen LogP contribution < -0.4 is 52.0 Å². The smallest absolute Gasteiger partial charge is 0.263 e. The van der Waals surface area contributed by atoms with Gasteiger partial charge in [0.15, 0.2) is 11.6 Å². The average molecular weight is 1600 g/mol. The predicted octanol–water partition coefficient (Wildman–Crippen LogP) is 6.52. The summed E-state index contributed by atoms with van der Waals surface area (Å²) >= 11 is 0. The molecular weight excluding hydrogens is 1500 g/mol. The Morgan fingerprint density at radius 1 is 0.415 bits per heavy atom. The largest absolute Gasteiger partial charge is 0.369 e. The lowest BCUT2D eigenvalue weighted by Gasteiger charge is -2.39. The molecule has 0 bridgehead atoms. The second kappa shape index (κ2) is 33.9. The molecule has 0 spiro atoms. The van der Waals surface area contributed by atoms with E-state index in [9.17, 15) is 47.9 Å². The third kappa shape index (κ3) is 16.3. The predicted molar refractivity (Wildman–Crippen MR) is 447 cm³/mol. The third-order valence-corrected chi connectivity index (χ3v) is 25.9. The molecular formula is C86H102N22O10. The van der Waals surface area contributed by atoms with E-state index in [2.05, 4.69) is 105 Å². The Morgan fingerprint density at radius 3 is 1.08 bits per heavy atom. The highest BCUT2D eigenvalue weighted by Gasteiger charge is 2.42. The van der Waals surface area contributed by atoms with E-state index in [-0.39, 0.29) is 94.2 Å². The number of imide groups is 2. The minimum atomic E-state index is -0.602. The number of aryl methyl sites for hydroxylation is 2. The van der Waals surface area contributed by atoms with Crippen molar-refractivity contribution >= 4 is 115 Å². The van der Waals surface area contributed by atoms with E-state index in [1.54, 1.807) is 45.2 Å². The molecule has 0 radical (unpaired) electrons. The van der Waals surface area contributed by atoms with E-state index in [1.165, 1.54) is 13.8 Å². The molecule has 6 amide bonds. The van der Waals surface area contributed by atoms with Crippen LogP contribution in [0, 0.1) is 13.8 Å². The Labute approximate surface area is 683 Å². The zero-order chi connectivity index (χ0) is 81.6. The summed E-state index contributed by atoms with van der Waals surface area (Å²) in [7, 11) is 0. The van der Waals surface area contributed by atoms with Gasteiger partial charge in [-0.15, -0.1) is 0 Å². The molecule has 6 aromatic heterocycles. The van der Waals surface area contributed by atoms with Crippen LogP contribution in [0.15, 0.2) is 95.0 Å². The molecule has 8 aliphatic heterocycles. The van der Waals surface area contributed by atoms with Crippen molar-refractivity contribution in [1.82, 2.24) is 79.1 Å². The van der Waals surface area contributed by atoms with Crippen molar-refractivity contribution in [2.45, 2.75) is 142 Å². The number of piperidine rings is 2. The second-order valence-electron chi connectivity index (χ2n) is 33.1. The monoisotopic (exact) mass is 1600 g/mol. The number of piperazine rings is 4. The van der Waals surface area contributed by atoms with E-state index in [0.29, 0.717) is 93.8 Å². The number of anilines is 8. The van der Waals surface area contributed by atoms with Crippen molar-refractivity contribution in [3.05, 3.63) is 151 Å². The first kappa shape index (κ1) is 79.0. The van der Waals surface area contributed by atoms with Crippen LogP contribution in [0.2, 0.25) is 0 Å². The van der Waals surface area contributed by atoms with Gasteiger partial charge in [-0.3, -0.25) is 87.3 Å². The molecule has 4 N–H and O–H groups in total. The first-order chi connectivity index (χ1) is 57.2. The zero-order valence-corrected chi connectivity index (χ0v) is 67.6. The minimum absolute atomic E-state index is 0.0163. The Bertz CT molecular complexity index is 5050. The molecule has 616 valence electrons. The summed E-state index contributed by atoms with van der Waals surface area (Å²) in [6, 6.07) is 18.8. The van der Waals surface area contributed by atoms with Crippen molar-refractivity contribution in [2.75, 3.05) is 161 Å². The van der Waals surface area contributed by atoms with Crippen LogP contribution in [-0.4, -0.2) is 258 Å². The molecule has 6 saturated heterocycles. The third-order valence-electron chi connectivity index (χ3n) is 25.9. The van der Waals surface area contributed by atoms with Gasteiger partial charge in [0, 0.05) is 215 Å². The van der Waals surface area contributed by atoms with Gasteiger partial charge in [-0.05, 0) is 149 Å². The lowest BCUT2D eigenvalue weighted by molar-refractivity contribution is -0.138. The number of pyridine rings is 4. The Hall–Kier alpha value is -11.5. The normalized spacial score (nSPS) is 20.7. The number of nitrogens with one attached hydrogen (secondary N) is 4. The van der Waals surface area contributed by atoms with E-state index in [1.807, 2.05) is 48.8 Å². The second-order valence-corrected chi connectivity index (χ2v) is 33.1. The molecule has 32 nitrogen and oxygen atoms in total. The van der Waals surface area contributed by atoms with E-state index < -0.39 is 12.1 Å². The van der Waals surface area contributed by atoms with Crippen molar-refractivity contribution in [3.63, 3.8) is 0 Å². The number of hydrogen-bond donors (Lipinski definition) is 4. The topological polar surface area (TPSA) is 338 Å². The number of amides is 6. The summed E-state index contributed by atoms with van der Waals surface area (Å²) in [5, 5.41) is 12.6. The zero-order valence-electron chi connectivity index (χ0n) is 67.6. The number of hydrogen-bond acceptors (Lipinski definition) is 26. The van der Waals surface area contributed by atoms with Gasteiger partial charge in [-0.25, -0.2) is 19.9 Å². The quantitative estimate of drug-likeness (QED) is 0.0466. The Kier molecular flexibility index (Phi) is 22.7. The summed E-state index contributed by atoms with van der Waals surface area (Å²) in [5.41, 5.74) is 9.75. The van der Waals surface area contributed by atoms with Crippen LogP contribution in [0.5, 0.6) is 0 Å². The first-order valence-electron chi connectivity index (χ1n) is 42.0. The van der Waals surface area contributed by atoms with Crippen LogP contribution in [0.4, 0.5) is 46.3 Å². The van der Waals surface area contributed by atoms with Crippen molar-refractivity contribution in [1.29, 1.82) is 0 Å². The number of rotatable bonds is 20. The maximum atomic E-state index is 13.6. The molecule has 10 aliphatic rings. The molecule has 2 atom stereocenters. The van der Waals surface area contributed by atoms with E-state index >= 15 is 0 Å². The molecule has 32 heteroatoms. The number of nitrogens with zero attached hydrogens (tertiary/aromatic N) is 18. The number of ketones is 2. The van der Waals surface area contributed by atoms with Crippen LogP contribution in [0.25, 0.3) is 22.1 Å². The molecule has 2 aromatic carbocycles. The van der Waals surface area contributed by atoms with Gasteiger partial charge >= 0.3 is 0 Å². The Morgan fingerprint density at radius 2 is 0.754 bits per heavy atom. The molecule has 18 rings (SSSR count). The van der Waals surface area contributed by atoms with Gasteiger partial charge in [0.1, 0.15) is 35.0 Å². The number of Topliss-reactive ketones (excluding diaryl/α,β-unsaturated/α-hetero) is 2. The average Bonchev–Trinajstić information content (AvgIpc) is 0.880. The van der Waals surface area contributed by atoms with Gasteiger partial charge in [-0.2, -0.15) is 9.97 Å². The van der Waals surface area contributed by atoms with Crippen LogP contribution in [0.3, 0.4) is 0 Å². The highest BCUT2D eigenvalue weighted by atomic mass is 16.2. The van der Waals surface area contributed by atoms with Crippen LogP contribution in [-0.2, 0) is 32.3 Å². The summed E-state index contributed by atoms with van der Waals surface area (Å²) in [6.45, 7) is 26.4. The van der Waals surface area contributed by atoms with Gasteiger partial charge in [0.05, 0.1) is 34.9 Å². The van der Waals surface area contributed by atoms with Crippen LogP contribution >= 0.6 is 0 Å². The fraction of sp³-hybridized carbons (Fsp3) is 0.488. The highest BCUT2D eigenvalue weighted by Crippen LogP contribution is 2.37. The minimum Gasteiger partial charge on any atom is -0.369 e. The highest BCUT2D eigenvalue weighted by molar-refractivity contribution is 6.07. The van der Waals surface area contributed by atoms with Crippen LogP contribution in [0.1, 0.15) is 167 Å². The lowest BCUT2D eigenvalue weighted by Crippen LogP contribution is -2.52. The SMILES string of the molecule is CC(=O)c1c(C)c2cnc(Nc3ccc(N4CCN(CCN5CCN(c6ccc7c(c6)CN(C6CCC(=O)NC6=O)C7=O)CC5)CC4)cn3)nc2n(C2CCCC2)c1=O.CC(=O)c1c(C)c2cnc(Nc3ccc(N4CCN(CCN5CCN(c6ccc7c(c6)CN(C6CCC(=O)NC6=O)C7=O)CC5)CC4)cn3)nc2n(C2CCCC2)c1=O. The van der Waals surface area contributed by atoms with E-state index in [0.717, 1.165) is 216 Å². The lowest BCUT2D eigenvalue weighted by atomic mass is 10.0. The van der Waals surface area contributed by atoms with Gasteiger partial charge < -0.3 is 40.0 Å². The number of benzene rings is 2. The van der Waals surface area contributed by atoms with Crippen molar-refractivity contribution in [2.24, 2.45) is 0 Å². The molecule has 118 heavy (non-hydrogen) atoms. The standard InChI is InChI=1S/2C43H51N11O5/c2*1-27-34-25-45-43(48-39(34)54(30-5-3-4-6-30)42(59)38(27)28(2)55)46-36-11-8-32(24-44-36)52-21-17-50(18-22-52)14-13-49-15-19-51(20-16-49)31-7-9-33-29(23-31)26-53(41(33)58)35-10-12-37(56)47-40(35)57/h2*7-9,11,23-25,30,35H,3-6,10,12-22,26H2,1-2H3,(H,47,56,57)(H,44,45,46,48). The Balaban J connectivity index is 0.000000169. The van der Waals surface area contributed by atoms with Gasteiger partial charge in [0.25, 0.3) is 22.9 Å². The summed E-state index contributed by atoms with van der Waals surface area (Å²) in [4.78, 5) is 177. The van der Waals surface area contributed by atoms with Crippen molar-refractivity contribution < 1.29 is 38.4 Å². The van der Waals surface area contributed by atoms with Crippen molar-refractivity contribution in [3.8, 4) is 0 Å². The fourth-order valence-electron chi connectivity index (χ4n) is 19.1. The molecule has 8 aromatic rings. The number of fused-ring (bicyclic) bond motifs is 4. The van der Waals surface area contributed by atoms with Gasteiger partial charge in [-0.1, -0.05) is 25.7 Å². The molecule has 2 aliphatic carbocycles. The summed E-state index contributed by atoms with van der Waals surface area (Å²) < 4.78 is 3.44. The number of aromatic nitrogens is 8. The van der Waals surface area contributed by atoms with E-state index in [4.69, 9.17) is 9.97 Å². The molecule has 2 saturated carbocycles. The maximum absolute atomic E-state index is 13.6.